The lowest BCUT2D eigenvalue weighted by atomic mass is 9.96. The number of nitrogens with zero attached hydrogens (tertiary/aromatic N) is 2. The van der Waals surface area contributed by atoms with Gasteiger partial charge in [-0.3, -0.25) is 14.6 Å². The summed E-state index contributed by atoms with van der Waals surface area (Å²) in [5.41, 5.74) is 3.86. The SMILES string of the molecule is O=C(NCc1cccc(CN2CCCCCC2)c1)C1CCCN(Cc2ccc(Br)cc2)C1. The maximum Gasteiger partial charge on any atom is 0.224 e. The molecule has 1 amide bonds. The van der Waals surface area contributed by atoms with Gasteiger partial charge in [0.05, 0.1) is 5.92 Å². The molecule has 1 N–H and O–H groups in total. The first kappa shape index (κ1) is 23.5. The lowest BCUT2D eigenvalue weighted by Crippen LogP contribution is -2.42. The Morgan fingerprint density at radius 1 is 0.844 bits per heavy atom. The summed E-state index contributed by atoms with van der Waals surface area (Å²) in [6.07, 6.45) is 7.43. The highest BCUT2D eigenvalue weighted by Gasteiger charge is 2.25. The third-order valence-electron chi connectivity index (χ3n) is 6.76. The molecule has 0 saturated carbocycles. The van der Waals surface area contributed by atoms with Crippen molar-refractivity contribution in [3.63, 3.8) is 0 Å². The smallest absolute Gasteiger partial charge is 0.224 e. The molecule has 2 heterocycles. The molecule has 1 unspecified atom stereocenters. The quantitative estimate of drug-likeness (QED) is 0.559. The summed E-state index contributed by atoms with van der Waals surface area (Å²) in [6.45, 7) is 6.88. The maximum absolute atomic E-state index is 12.9. The van der Waals surface area contributed by atoms with Crippen LogP contribution in [0.25, 0.3) is 0 Å². The Kier molecular flexibility index (Phi) is 8.77. The number of carbonyl (C=O) groups excluding carboxylic acids is 1. The normalized spacial score (nSPS) is 20.6. The first-order valence-electron chi connectivity index (χ1n) is 12.2. The monoisotopic (exact) mass is 497 g/mol. The Hall–Kier alpha value is -1.69. The number of rotatable bonds is 7. The molecule has 2 aliphatic rings. The van der Waals surface area contributed by atoms with Crippen molar-refractivity contribution in [1.82, 2.24) is 15.1 Å². The number of hydrogen-bond acceptors (Lipinski definition) is 3. The molecule has 0 spiro atoms. The predicted molar refractivity (Wildman–Crippen MR) is 134 cm³/mol. The molecule has 0 aromatic heterocycles. The van der Waals surface area contributed by atoms with E-state index in [1.807, 2.05) is 0 Å². The Labute approximate surface area is 201 Å². The fraction of sp³-hybridized carbons (Fsp3) is 0.519. The number of hydrogen-bond donors (Lipinski definition) is 1. The molecule has 4 rings (SSSR count). The first-order valence-corrected chi connectivity index (χ1v) is 13.0. The Morgan fingerprint density at radius 2 is 1.53 bits per heavy atom. The minimum absolute atomic E-state index is 0.0829. The summed E-state index contributed by atoms with van der Waals surface area (Å²) in [7, 11) is 0. The first-order chi connectivity index (χ1) is 15.7. The molecular formula is C27H36BrN3O. The molecular weight excluding hydrogens is 462 g/mol. The van der Waals surface area contributed by atoms with Gasteiger partial charge in [0.2, 0.25) is 5.91 Å². The highest BCUT2D eigenvalue weighted by Crippen LogP contribution is 2.20. The van der Waals surface area contributed by atoms with E-state index in [1.54, 1.807) is 0 Å². The van der Waals surface area contributed by atoms with Gasteiger partial charge < -0.3 is 5.32 Å². The van der Waals surface area contributed by atoms with Crippen LogP contribution in [0.4, 0.5) is 0 Å². The summed E-state index contributed by atoms with van der Waals surface area (Å²) >= 11 is 3.50. The summed E-state index contributed by atoms with van der Waals surface area (Å²) in [5, 5.41) is 3.22. The minimum Gasteiger partial charge on any atom is -0.352 e. The third-order valence-corrected chi connectivity index (χ3v) is 7.29. The van der Waals surface area contributed by atoms with Gasteiger partial charge in [-0.2, -0.15) is 0 Å². The number of nitrogens with one attached hydrogen (secondary N) is 1. The van der Waals surface area contributed by atoms with Gasteiger partial charge in [0.1, 0.15) is 0 Å². The average molecular weight is 499 g/mol. The summed E-state index contributed by atoms with van der Waals surface area (Å²) in [4.78, 5) is 17.9. The van der Waals surface area contributed by atoms with Crippen LogP contribution in [0, 0.1) is 5.92 Å². The number of carbonyl (C=O) groups is 1. The van der Waals surface area contributed by atoms with E-state index in [0.717, 1.165) is 43.5 Å². The molecule has 0 bridgehead atoms. The standard InChI is InChI=1S/C27H36BrN3O/c28-26-12-10-22(11-13-26)19-31-16-6-9-25(21-31)27(32)29-18-23-7-5-8-24(17-23)20-30-14-3-1-2-4-15-30/h5,7-8,10-13,17,25H,1-4,6,9,14-16,18-21H2,(H,29,32). The van der Waals surface area contributed by atoms with E-state index in [4.69, 9.17) is 0 Å². The van der Waals surface area contributed by atoms with Crippen LogP contribution < -0.4 is 5.32 Å². The molecule has 32 heavy (non-hydrogen) atoms. The lowest BCUT2D eigenvalue weighted by Gasteiger charge is -2.32. The van der Waals surface area contributed by atoms with Gasteiger partial charge in [-0.1, -0.05) is 65.2 Å². The number of halogens is 1. The predicted octanol–water partition coefficient (Wildman–Crippen LogP) is 5.35. The highest BCUT2D eigenvalue weighted by molar-refractivity contribution is 9.10. The van der Waals surface area contributed by atoms with Crippen LogP contribution in [-0.2, 0) is 24.4 Å². The van der Waals surface area contributed by atoms with Crippen LogP contribution in [-0.4, -0.2) is 41.9 Å². The number of benzene rings is 2. The topological polar surface area (TPSA) is 35.6 Å². The van der Waals surface area contributed by atoms with Gasteiger partial charge >= 0.3 is 0 Å². The molecule has 5 heteroatoms. The van der Waals surface area contributed by atoms with Crippen LogP contribution in [0.2, 0.25) is 0 Å². The van der Waals surface area contributed by atoms with Gasteiger partial charge in [-0.15, -0.1) is 0 Å². The largest absolute Gasteiger partial charge is 0.352 e. The molecule has 0 radical (unpaired) electrons. The van der Waals surface area contributed by atoms with Crippen molar-refractivity contribution >= 4 is 21.8 Å². The average Bonchev–Trinajstić information content (AvgIpc) is 3.08. The fourth-order valence-electron chi connectivity index (χ4n) is 4.99. The third kappa shape index (κ3) is 7.16. The highest BCUT2D eigenvalue weighted by atomic mass is 79.9. The molecule has 2 aliphatic heterocycles. The van der Waals surface area contributed by atoms with Crippen LogP contribution >= 0.6 is 15.9 Å². The minimum atomic E-state index is 0.0829. The molecule has 172 valence electrons. The molecule has 2 fully saturated rings. The van der Waals surface area contributed by atoms with Crippen LogP contribution in [0.5, 0.6) is 0 Å². The lowest BCUT2D eigenvalue weighted by molar-refractivity contribution is -0.126. The zero-order valence-electron chi connectivity index (χ0n) is 19.1. The summed E-state index contributed by atoms with van der Waals surface area (Å²) < 4.78 is 1.10. The van der Waals surface area contributed by atoms with E-state index in [2.05, 4.69) is 79.6 Å². The Morgan fingerprint density at radius 3 is 2.31 bits per heavy atom. The summed E-state index contributed by atoms with van der Waals surface area (Å²) in [6, 6.07) is 17.2. The van der Waals surface area contributed by atoms with Crippen molar-refractivity contribution in [3.8, 4) is 0 Å². The van der Waals surface area contributed by atoms with Crippen molar-refractivity contribution in [2.45, 2.75) is 58.2 Å². The number of likely N-dealkylation sites (tertiary alicyclic amines) is 2. The molecule has 0 aliphatic carbocycles. The van der Waals surface area contributed by atoms with E-state index in [1.165, 1.54) is 55.5 Å². The van der Waals surface area contributed by atoms with Gasteiger partial charge in [0.25, 0.3) is 0 Å². The maximum atomic E-state index is 12.9. The zero-order valence-corrected chi connectivity index (χ0v) is 20.7. The van der Waals surface area contributed by atoms with E-state index in [0.29, 0.717) is 6.54 Å². The number of piperidine rings is 1. The Bertz CT molecular complexity index is 861. The molecule has 2 saturated heterocycles. The van der Waals surface area contributed by atoms with Crippen LogP contribution in [0.15, 0.2) is 53.0 Å². The van der Waals surface area contributed by atoms with Gasteiger partial charge in [-0.25, -0.2) is 0 Å². The van der Waals surface area contributed by atoms with E-state index < -0.39 is 0 Å². The van der Waals surface area contributed by atoms with Crippen LogP contribution in [0.1, 0.15) is 55.2 Å². The van der Waals surface area contributed by atoms with E-state index in [-0.39, 0.29) is 11.8 Å². The molecule has 4 nitrogen and oxygen atoms in total. The second kappa shape index (κ2) is 12.0. The second-order valence-corrected chi connectivity index (χ2v) is 10.3. The van der Waals surface area contributed by atoms with Crippen molar-refractivity contribution < 1.29 is 4.79 Å². The zero-order chi connectivity index (χ0) is 22.2. The van der Waals surface area contributed by atoms with Gasteiger partial charge in [-0.05, 0) is 74.1 Å². The van der Waals surface area contributed by atoms with E-state index in [9.17, 15) is 4.79 Å². The summed E-state index contributed by atoms with van der Waals surface area (Å²) in [5.74, 6) is 0.280. The van der Waals surface area contributed by atoms with Crippen molar-refractivity contribution in [2.24, 2.45) is 5.92 Å². The van der Waals surface area contributed by atoms with Gasteiger partial charge in [0.15, 0.2) is 0 Å². The second-order valence-electron chi connectivity index (χ2n) is 9.43. The fourth-order valence-corrected chi connectivity index (χ4v) is 5.25. The van der Waals surface area contributed by atoms with Crippen molar-refractivity contribution in [2.75, 3.05) is 26.2 Å². The van der Waals surface area contributed by atoms with Gasteiger partial charge in [0, 0.05) is 30.7 Å². The number of amides is 1. The van der Waals surface area contributed by atoms with E-state index >= 15 is 0 Å². The molecule has 2 aromatic rings. The Balaban J connectivity index is 1.26. The molecule has 2 aromatic carbocycles. The van der Waals surface area contributed by atoms with Crippen LogP contribution in [0.3, 0.4) is 0 Å². The van der Waals surface area contributed by atoms with Crippen molar-refractivity contribution in [3.05, 3.63) is 69.7 Å². The molecule has 1 atom stereocenters. The van der Waals surface area contributed by atoms with Crippen molar-refractivity contribution in [1.29, 1.82) is 0 Å².